The Hall–Kier alpha value is -1.09. The highest BCUT2D eigenvalue weighted by atomic mass is 79.9. The molecule has 2 rings (SSSR count). The molecule has 0 aliphatic carbocycles. The fraction of sp³-hybridized carbons (Fsp3) is 0.500. The smallest absolute Gasteiger partial charge is 0.0992 e. The highest BCUT2D eigenvalue weighted by molar-refractivity contribution is 9.10. The van der Waals surface area contributed by atoms with Crippen molar-refractivity contribution in [1.29, 1.82) is 5.26 Å². The average molecular weight is 323 g/mol. The molecule has 1 saturated heterocycles. The van der Waals surface area contributed by atoms with Gasteiger partial charge < -0.3 is 10.2 Å². The van der Waals surface area contributed by atoms with Crippen molar-refractivity contribution in [2.24, 2.45) is 0 Å². The lowest BCUT2D eigenvalue weighted by atomic mass is 10.2. The van der Waals surface area contributed by atoms with Crippen molar-refractivity contribution in [3.8, 4) is 6.07 Å². The number of benzene rings is 1. The average Bonchev–Trinajstić information content (AvgIpc) is 2.40. The molecule has 0 amide bonds. The van der Waals surface area contributed by atoms with Crippen LogP contribution in [0.25, 0.3) is 0 Å². The van der Waals surface area contributed by atoms with Gasteiger partial charge in [-0.15, -0.1) is 0 Å². The van der Waals surface area contributed by atoms with Gasteiger partial charge in [0.15, 0.2) is 0 Å². The van der Waals surface area contributed by atoms with Crippen molar-refractivity contribution in [3.63, 3.8) is 0 Å². The molecular formula is C14H19BrN4. The quantitative estimate of drug-likeness (QED) is 0.920. The van der Waals surface area contributed by atoms with E-state index in [9.17, 15) is 0 Å². The van der Waals surface area contributed by atoms with Crippen LogP contribution < -0.4 is 5.32 Å². The molecule has 1 aliphatic heterocycles. The molecule has 4 nitrogen and oxygen atoms in total. The second kappa shape index (κ2) is 6.90. The number of hydrogen-bond donors (Lipinski definition) is 1. The SMILES string of the molecule is CN1CCN(CCNc2cc(Br)cc(C#N)c2)CC1. The minimum absolute atomic E-state index is 0.677. The third-order valence-corrected chi connectivity index (χ3v) is 3.84. The Balaban J connectivity index is 1.79. The van der Waals surface area contributed by atoms with Gasteiger partial charge in [0, 0.05) is 49.4 Å². The van der Waals surface area contributed by atoms with E-state index in [1.807, 2.05) is 18.2 Å². The second-order valence-corrected chi connectivity index (χ2v) is 5.83. The molecule has 0 aromatic heterocycles. The summed E-state index contributed by atoms with van der Waals surface area (Å²) in [5.41, 5.74) is 1.68. The first kappa shape index (κ1) is 14.3. The zero-order valence-corrected chi connectivity index (χ0v) is 12.8. The van der Waals surface area contributed by atoms with E-state index in [4.69, 9.17) is 5.26 Å². The molecule has 0 spiro atoms. The summed E-state index contributed by atoms with van der Waals surface area (Å²) in [7, 11) is 2.17. The Bertz CT molecular complexity index is 461. The van der Waals surface area contributed by atoms with Crippen LogP contribution in [0.2, 0.25) is 0 Å². The minimum atomic E-state index is 0.677. The van der Waals surface area contributed by atoms with E-state index in [1.54, 1.807) is 0 Å². The predicted molar refractivity (Wildman–Crippen MR) is 81.3 cm³/mol. The molecular weight excluding hydrogens is 304 g/mol. The standard InChI is InChI=1S/C14H19BrN4/c1-18-4-6-19(7-5-18)3-2-17-14-9-12(11-16)8-13(15)10-14/h8-10,17H,2-7H2,1H3. The Kier molecular flexibility index (Phi) is 5.20. The van der Waals surface area contributed by atoms with Crippen molar-refractivity contribution in [3.05, 3.63) is 28.2 Å². The van der Waals surface area contributed by atoms with E-state index in [-0.39, 0.29) is 0 Å². The maximum absolute atomic E-state index is 8.93. The summed E-state index contributed by atoms with van der Waals surface area (Å²) in [6.45, 7) is 6.53. The van der Waals surface area contributed by atoms with E-state index >= 15 is 0 Å². The normalized spacial score (nSPS) is 17.1. The Morgan fingerprint density at radius 1 is 1.26 bits per heavy atom. The minimum Gasteiger partial charge on any atom is -0.384 e. The maximum atomic E-state index is 8.93. The second-order valence-electron chi connectivity index (χ2n) is 4.91. The maximum Gasteiger partial charge on any atom is 0.0992 e. The molecule has 0 unspecified atom stereocenters. The van der Waals surface area contributed by atoms with E-state index in [0.29, 0.717) is 5.56 Å². The summed E-state index contributed by atoms with van der Waals surface area (Å²) < 4.78 is 0.939. The zero-order valence-electron chi connectivity index (χ0n) is 11.2. The van der Waals surface area contributed by atoms with Gasteiger partial charge in [0.05, 0.1) is 11.6 Å². The number of piperazine rings is 1. The molecule has 0 radical (unpaired) electrons. The van der Waals surface area contributed by atoms with Gasteiger partial charge in [0.2, 0.25) is 0 Å². The van der Waals surface area contributed by atoms with Crippen molar-refractivity contribution < 1.29 is 0 Å². The molecule has 5 heteroatoms. The molecule has 0 atom stereocenters. The number of nitriles is 1. The molecule has 1 aliphatic rings. The van der Waals surface area contributed by atoms with Gasteiger partial charge in [-0.2, -0.15) is 5.26 Å². The van der Waals surface area contributed by atoms with E-state index in [0.717, 1.165) is 49.4 Å². The lowest BCUT2D eigenvalue weighted by molar-refractivity contribution is 0.158. The number of halogens is 1. The molecule has 0 bridgehead atoms. The van der Waals surface area contributed by atoms with Crippen molar-refractivity contribution in [2.75, 3.05) is 51.6 Å². The largest absolute Gasteiger partial charge is 0.384 e. The van der Waals surface area contributed by atoms with Crippen LogP contribution in [0, 0.1) is 11.3 Å². The number of nitrogens with zero attached hydrogens (tertiary/aromatic N) is 3. The van der Waals surface area contributed by atoms with Crippen LogP contribution in [0.15, 0.2) is 22.7 Å². The highest BCUT2D eigenvalue weighted by Gasteiger charge is 2.12. The highest BCUT2D eigenvalue weighted by Crippen LogP contribution is 2.19. The van der Waals surface area contributed by atoms with Gasteiger partial charge in [-0.05, 0) is 25.2 Å². The summed E-state index contributed by atoms with van der Waals surface area (Å²) in [5, 5.41) is 12.3. The van der Waals surface area contributed by atoms with Gasteiger partial charge in [0.1, 0.15) is 0 Å². The summed E-state index contributed by atoms with van der Waals surface area (Å²) in [6, 6.07) is 7.88. The van der Waals surface area contributed by atoms with E-state index in [2.05, 4.69) is 44.2 Å². The monoisotopic (exact) mass is 322 g/mol. The molecule has 19 heavy (non-hydrogen) atoms. The van der Waals surface area contributed by atoms with E-state index in [1.165, 1.54) is 0 Å². The number of rotatable bonds is 4. The van der Waals surface area contributed by atoms with Crippen LogP contribution in [-0.4, -0.2) is 56.1 Å². The van der Waals surface area contributed by atoms with Crippen LogP contribution in [0.5, 0.6) is 0 Å². The van der Waals surface area contributed by atoms with Gasteiger partial charge in [-0.3, -0.25) is 4.90 Å². The van der Waals surface area contributed by atoms with Gasteiger partial charge in [0.25, 0.3) is 0 Å². The lowest BCUT2D eigenvalue weighted by Crippen LogP contribution is -2.45. The summed E-state index contributed by atoms with van der Waals surface area (Å²) >= 11 is 3.42. The number of likely N-dealkylation sites (N-methyl/N-ethyl adjacent to an activating group) is 1. The molecule has 1 aromatic carbocycles. The molecule has 0 saturated carbocycles. The zero-order chi connectivity index (χ0) is 13.7. The topological polar surface area (TPSA) is 42.3 Å². The molecule has 1 N–H and O–H groups in total. The first-order valence-electron chi connectivity index (χ1n) is 6.53. The van der Waals surface area contributed by atoms with Gasteiger partial charge >= 0.3 is 0 Å². The molecule has 1 aromatic rings. The third kappa shape index (κ3) is 4.50. The van der Waals surface area contributed by atoms with Gasteiger partial charge in [-0.25, -0.2) is 0 Å². The first-order valence-corrected chi connectivity index (χ1v) is 7.32. The molecule has 102 valence electrons. The van der Waals surface area contributed by atoms with Crippen LogP contribution in [0.4, 0.5) is 5.69 Å². The fourth-order valence-corrected chi connectivity index (χ4v) is 2.68. The van der Waals surface area contributed by atoms with Crippen molar-refractivity contribution in [2.45, 2.75) is 0 Å². The summed E-state index contributed by atoms with van der Waals surface area (Å²) in [4.78, 5) is 4.83. The fourth-order valence-electron chi connectivity index (χ4n) is 2.19. The third-order valence-electron chi connectivity index (χ3n) is 3.38. The van der Waals surface area contributed by atoms with Gasteiger partial charge in [-0.1, -0.05) is 15.9 Å². The number of nitrogens with one attached hydrogen (secondary N) is 1. The summed E-state index contributed by atoms with van der Waals surface area (Å²) in [6.07, 6.45) is 0. The molecule has 1 heterocycles. The van der Waals surface area contributed by atoms with Crippen LogP contribution in [-0.2, 0) is 0 Å². The van der Waals surface area contributed by atoms with Crippen LogP contribution in [0.1, 0.15) is 5.56 Å². The van der Waals surface area contributed by atoms with Crippen LogP contribution in [0.3, 0.4) is 0 Å². The molecule has 1 fully saturated rings. The van der Waals surface area contributed by atoms with Crippen LogP contribution >= 0.6 is 15.9 Å². The Morgan fingerprint density at radius 3 is 2.68 bits per heavy atom. The van der Waals surface area contributed by atoms with Crippen molar-refractivity contribution in [1.82, 2.24) is 9.80 Å². The lowest BCUT2D eigenvalue weighted by Gasteiger charge is -2.32. The Labute approximate surface area is 123 Å². The number of anilines is 1. The van der Waals surface area contributed by atoms with Crippen molar-refractivity contribution >= 4 is 21.6 Å². The number of hydrogen-bond acceptors (Lipinski definition) is 4. The predicted octanol–water partition coefficient (Wildman–Crippen LogP) is 1.98. The Morgan fingerprint density at radius 2 is 2.00 bits per heavy atom. The summed E-state index contributed by atoms with van der Waals surface area (Å²) in [5.74, 6) is 0. The first-order chi connectivity index (χ1) is 9.17. The van der Waals surface area contributed by atoms with E-state index < -0.39 is 0 Å².